The molecule has 1 aromatic rings. The van der Waals surface area contributed by atoms with Gasteiger partial charge in [0, 0.05) is 38.7 Å². The fourth-order valence-electron chi connectivity index (χ4n) is 2.21. The van der Waals surface area contributed by atoms with Crippen LogP contribution in [0.5, 0.6) is 0 Å². The number of hydrogen-bond acceptors (Lipinski definition) is 4. The van der Waals surface area contributed by atoms with Crippen molar-refractivity contribution in [3.05, 3.63) is 29.6 Å². The van der Waals surface area contributed by atoms with Gasteiger partial charge >= 0.3 is 0 Å². The van der Waals surface area contributed by atoms with Gasteiger partial charge in [-0.25, -0.2) is 0 Å². The van der Waals surface area contributed by atoms with E-state index in [1.165, 1.54) is 0 Å². The smallest absolute Gasteiger partial charge is 0.255 e. The monoisotopic (exact) mass is 264 g/mol. The van der Waals surface area contributed by atoms with Crippen molar-refractivity contribution in [2.24, 2.45) is 0 Å². The first-order chi connectivity index (χ1) is 9.22. The van der Waals surface area contributed by atoms with Gasteiger partial charge in [0.2, 0.25) is 0 Å². The molecule has 19 heavy (non-hydrogen) atoms. The summed E-state index contributed by atoms with van der Waals surface area (Å²) in [6.45, 7) is 4.35. The van der Waals surface area contributed by atoms with Crippen molar-refractivity contribution in [3.8, 4) is 0 Å². The van der Waals surface area contributed by atoms with Crippen LogP contribution in [-0.2, 0) is 9.47 Å². The van der Waals surface area contributed by atoms with E-state index in [0.29, 0.717) is 31.9 Å². The Balaban J connectivity index is 2.01. The van der Waals surface area contributed by atoms with E-state index in [9.17, 15) is 4.79 Å². The highest BCUT2D eigenvalue weighted by molar-refractivity contribution is 5.95. The van der Waals surface area contributed by atoms with Crippen molar-refractivity contribution < 1.29 is 14.3 Å². The number of ether oxygens (including phenoxy) is 2. The fraction of sp³-hybridized carbons (Fsp3) is 0.571. The van der Waals surface area contributed by atoms with Gasteiger partial charge in [-0.15, -0.1) is 0 Å². The molecule has 2 rings (SSSR count). The Hall–Kier alpha value is -1.46. The normalized spacial score (nSPS) is 19.5. The predicted molar refractivity (Wildman–Crippen MR) is 71.1 cm³/mol. The number of methoxy groups -OCH3 is 1. The summed E-state index contributed by atoms with van der Waals surface area (Å²) in [6, 6.07) is 3.62. The Morgan fingerprint density at radius 1 is 1.63 bits per heavy atom. The van der Waals surface area contributed by atoms with E-state index in [-0.39, 0.29) is 12.0 Å². The Morgan fingerprint density at radius 2 is 2.47 bits per heavy atom. The number of amides is 1. The number of aromatic nitrogens is 1. The largest absolute Gasteiger partial charge is 0.385 e. The zero-order valence-electron chi connectivity index (χ0n) is 11.5. The minimum absolute atomic E-state index is 0.0383. The average molecular weight is 264 g/mol. The van der Waals surface area contributed by atoms with Gasteiger partial charge < -0.3 is 14.4 Å². The highest BCUT2D eigenvalue weighted by Crippen LogP contribution is 2.14. The summed E-state index contributed by atoms with van der Waals surface area (Å²) in [5, 5.41) is 0. The number of carbonyl (C=O) groups is 1. The van der Waals surface area contributed by atoms with Crippen molar-refractivity contribution in [3.63, 3.8) is 0 Å². The number of nitrogens with zero attached hydrogens (tertiary/aromatic N) is 2. The number of pyridine rings is 1. The molecule has 0 aromatic carbocycles. The maximum absolute atomic E-state index is 12.4. The second-order valence-corrected chi connectivity index (χ2v) is 4.66. The average Bonchev–Trinajstić information content (AvgIpc) is 2.45. The summed E-state index contributed by atoms with van der Waals surface area (Å²) >= 11 is 0. The molecule has 1 aliphatic rings. The number of carbonyl (C=O) groups excluding carboxylic acids is 1. The molecule has 1 aromatic heterocycles. The lowest BCUT2D eigenvalue weighted by Crippen LogP contribution is -2.46. The Kier molecular flexibility index (Phi) is 4.87. The van der Waals surface area contributed by atoms with Crippen molar-refractivity contribution >= 4 is 5.91 Å². The molecule has 1 atom stereocenters. The minimum Gasteiger partial charge on any atom is -0.385 e. The minimum atomic E-state index is 0.0383. The molecule has 5 nitrogen and oxygen atoms in total. The summed E-state index contributed by atoms with van der Waals surface area (Å²) in [4.78, 5) is 18.4. The highest BCUT2D eigenvalue weighted by Gasteiger charge is 2.25. The van der Waals surface area contributed by atoms with Crippen molar-refractivity contribution in [2.45, 2.75) is 19.4 Å². The molecule has 0 radical (unpaired) electrons. The van der Waals surface area contributed by atoms with E-state index in [1.54, 1.807) is 19.4 Å². The highest BCUT2D eigenvalue weighted by atomic mass is 16.5. The lowest BCUT2D eigenvalue weighted by molar-refractivity contribution is -0.0333. The van der Waals surface area contributed by atoms with Crippen LogP contribution in [0.3, 0.4) is 0 Å². The van der Waals surface area contributed by atoms with E-state index < -0.39 is 0 Å². The van der Waals surface area contributed by atoms with Crippen molar-refractivity contribution in [2.75, 3.05) is 33.4 Å². The van der Waals surface area contributed by atoms with Crippen LogP contribution in [0.1, 0.15) is 22.5 Å². The molecule has 0 bridgehead atoms. The van der Waals surface area contributed by atoms with Crippen LogP contribution in [0.25, 0.3) is 0 Å². The molecule has 1 fully saturated rings. The quantitative estimate of drug-likeness (QED) is 0.821. The number of aryl methyl sites for hydroxylation is 1. The molecule has 1 saturated heterocycles. The first-order valence-corrected chi connectivity index (χ1v) is 6.54. The Morgan fingerprint density at radius 3 is 3.21 bits per heavy atom. The molecule has 0 spiro atoms. The van der Waals surface area contributed by atoms with Gasteiger partial charge in [-0.2, -0.15) is 0 Å². The van der Waals surface area contributed by atoms with Gasteiger partial charge in [0.1, 0.15) is 0 Å². The van der Waals surface area contributed by atoms with Gasteiger partial charge in [0.15, 0.2) is 0 Å². The number of rotatable bonds is 4. The van der Waals surface area contributed by atoms with Crippen LogP contribution in [0.4, 0.5) is 0 Å². The summed E-state index contributed by atoms with van der Waals surface area (Å²) in [5.41, 5.74) is 1.45. The van der Waals surface area contributed by atoms with Gasteiger partial charge in [-0.1, -0.05) is 0 Å². The third-order valence-corrected chi connectivity index (χ3v) is 3.31. The van der Waals surface area contributed by atoms with E-state index in [1.807, 2.05) is 17.9 Å². The van der Waals surface area contributed by atoms with Crippen LogP contribution in [-0.4, -0.2) is 55.3 Å². The maximum Gasteiger partial charge on any atom is 0.255 e. The molecule has 0 unspecified atom stereocenters. The van der Waals surface area contributed by atoms with Crippen LogP contribution in [0.15, 0.2) is 18.3 Å². The Labute approximate surface area is 113 Å². The summed E-state index contributed by atoms with van der Waals surface area (Å²) in [7, 11) is 1.67. The fourth-order valence-corrected chi connectivity index (χ4v) is 2.21. The van der Waals surface area contributed by atoms with Crippen molar-refractivity contribution in [1.82, 2.24) is 9.88 Å². The second kappa shape index (κ2) is 6.63. The van der Waals surface area contributed by atoms with Crippen LogP contribution < -0.4 is 0 Å². The molecule has 0 aliphatic carbocycles. The predicted octanol–water partition coefficient (Wildman–Crippen LogP) is 1.27. The van der Waals surface area contributed by atoms with Crippen LogP contribution in [0.2, 0.25) is 0 Å². The molecular formula is C14H20N2O3. The molecule has 1 aliphatic heterocycles. The first kappa shape index (κ1) is 14.0. The van der Waals surface area contributed by atoms with Gasteiger partial charge in [0.25, 0.3) is 5.91 Å². The maximum atomic E-state index is 12.4. The molecular weight excluding hydrogens is 244 g/mol. The summed E-state index contributed by atoms with van der Waals surface area (Å²) in [5.74, 6) is 0.0383. The summed E-state index contributed by atoms with van der Waals surface area (Å²) < 4.78 is 10.7. The summed E-state index contributed by atoms with van der Waals surface area (Å²) in [6.07, 6.45) is 2.58. The van der Waals surface area contributed by atoms with Gasteiger partial charge in [0.05, 0.1) is 18.3 Å². The van der Waals surface area contributed by atoms with E-state index in [4.69, 9.17) is 9.47 Å². The third-order valence-electron chi connectivity index (χ3n) is 3.31. The number of morpholine rings is 1. The molecule has 2 heterocycles. The zero-order valence-corrected chi connectivity index (χ0v) is 11.5. The lowest BCUT2D eigenvalue weighted by Gasteiger charge is -2.33. The second-order valence-electron chi connectivity index (χ2n) is 4.66. The van der Waals surface area contributed by atoms with E-state index in [2.05, 4.69) is 4.98 Å². The third kappa shape index (κ3) is 3.52. The first-order valence-electron chi connectivity index (χ1n) is 6.54. The van der Waals surface area contributed by atoms with Crippen LogP contribution >= 0.6 is 0 Å². The van der Waals surface area contributed by atoms with E-state index in [0.717, 1.165) is 12.1 Å². The SMILES string of the molecule is COCC[C@H]1CN(C(=O)c2cccnc2C)CCO1. The standard InChI is InChI=1S/C14H20N2O3/c1-11-13(4-3-6-15-11)14(17)16-7-9-19-12(10-16)5-8-18-2/h3-4,6,12H,5,7-10H2,1-2H3/t12-/m0/s1. The molecule has 1 amide bonds. The topological polar surface area (TPSA) is 51.7 Å². The van der Waals surface area contributed by atoms with E-state index >= 15 is 0 Å². The van der Waals surface area contributed by atoms with Gasteiger partial charge in [-0.05, 0) is 25.5 Å². The molecule has 0 saturated carbocycles. The van der Waals surface area contributed by atoms with Crippen molar-refractivity contribution in [1.29, 1.82) is 0 Å². The molecule has 0 N–H and O–H groups in total. The Bertz CT molecular complexity index is 436. The van der Waals surface area contributed by atoms with Crippen LogP contribution in [0, 0.1) is 6.92 Å². The zero-order chi connectivity index (χ0) is 13.7. The molecule has 104 valence electrons. The molecule has 5 heteroatoms. The van der Waals surface area contributed by atoms with Gasteiger partial charge in [-0.3, -0.25) is 9.78 Å². The lowest BCUT2D eigenvalue weighted by atomic mass is 10.1. The number of hydrogen-bond donors (Lipinski definition) is 0.